The van der Waals surface area contributed by atoms with Gasteiger partial charge in [0.25, 0.3) is 0 Å². The predicted octanol–water partition coefficient (Wildman–Crippen LogP) is 4.11. The topological polar surface area (TPSA) is 38.0 Å². The minimum atomic E-state index is -0.515. The quantitative estimate of drug-likeness (QED) is 0.787. The third kappa shape index (κ3) is 2.68. The van der Waals surface area contributed by atoms with E-state index >= 15 is 0 Å². The van der Waals surface area contributed by atoms with Gasteiger partial charge >= 0.3 is 0 Å². The van der Waals surface area contributed by atoms with Crippen LogP contribution >= 0.6 is 11.6 Å². The molecule has 0 saturated carbocycles. The van der Waals surface area contributed by atoms with Crippen molar-refractivity contribution in [3.8, 4) is 0 Å². The van der Waals surface area contributed by atoms with Crippen LogP contribution in [0.25, 0.3) is 0 Å². The van der Waals surface area contributed by atoms with Crippen molar-refractivity contribution in [1.82, 2.24) is 0 Å². The fourth-order valence-corrected chi connectivity index (χ4v) is 1.71. The Morgan fingerprint density at radius 2 is 2.00 bits per heavy atom. The molecular formula is C13H12ClFN2. The standard InChI is InChI=1S/C13H12ClFN2/c1-8-3-2-4-9(5-8)17-13-6-10(14)11(15)7-12(13)16/h2-7,17H,16H2,1H3. The first-order chi connectivity index (χ1) is 8.06. The highest BCUT2D eigenvalue weighted by atomic mass is 35.5. The summed E-state index contributed by atoms with van der Waals surface area (Å²) in [7, 11) is 0. The Morgan fingerprint density at radius 3 is 2.71 bits per heavy atom. The van der Waals surface area contributed by atoms with Gasteiger partial charge in [-0.25, -0.2) is 4.39 Å². The van der Waals surface area contributed by atoms with Gasteiger partial charge in [-0.15, -0.1) is 0 Å². The van der Waals surface area contributed by atoms with E-state index in [2.05, 4.69) is 5.32 Å². The van der Waals surface area contributed by atoms with E-state index in [1.165, 1.54) is 12.1 Å². The molecule has 88 valence electrons. The van der Waals surface area contributed by atoms with Gasteiger partial charge in [-0.3, -0.25) is 0 Å². The first-order valence-corrected chi connectivity index (χ1v) is 5.52. The van der Waals surface area contributed by atoms with Gasteiger partial charge in [0.2, 0.25) is 0 Å². The largest absolute Gasteiger partial charge is 0.397 e. The summed E-state index contributed by atoms with van der Waals surface area (Å²) < 4.78 is 13.1. The molecular weight excluding hydrogens is 239 g/mol. The summed E-state index contributed by atoms with van der Waals surface area (Å²) in [6, 6.07) is 10.5. The number of nitrogens with one attached hydrogen (secondary N) is 1. The number of aryl methyl sites for hydroxylation is 1. The minimum absolute atomic E-state index is 0.0503. The van der Waals surface area contributed by atoms with E-state index in [1.807, 2.05) is 31.2 Å². The zero-order chi connectivity index (χ0) is 12.4. The van der Waals surface area contributed by atoms with Crippen LogP contribution in [0.4, 0.5) is 21.5 Å². The Hall–Kier alpha value is -1.74. The van der Waals surface area contributed by atoms with Crippen molar-refractivity contribution >= 4 is 28.7 Å². The van der Waals surface area contributed by atoms with Crippen LogP contribution in [0, 0.1) is 12.7 Å². The van der Waals surface area contributed by atoms with Crippen LogP contribution in [0.1, 0.15) is 5.56 Å². The number of anilines is 3. The van der Waals surface area contributed by atoms with Crippen molar-refractivity contribution in [3.05, 3.63) is 52.8 Å². The summed E-state index contributed by atoms with van der Waals surface area (Å²) >= 11 is 5.71. The molecule has 3 N–H and O–H groups in total. The molecule has 0 radical (unpaired) electrons. The van der Waals surface area contributed by atoms with Crippen LogP contribution in [0.3, 0.4) is 0 Å². The fourth-order valence-electron chi connectivity index (χ4n) is 1.55. The van der Waals surface area contributed by atoms with Crippen molar-refractivity contribution in [2.45, 2.75) is 6.92 Å². The number of hydrogen-bond donors (Lipinski definition) is 2. The van der Waals surface area contributed by atoms with Gasteiger partial charge in [0.05, 0.1) is 16.4 Å². The first-order valence-electron chi connectivity index (χ1n) is 5.14. The number of rotatable bonds is 2. The van der Waals surface area contributed by atoms with Crippen LogP contribution in [-0.2, 0) is 0 Å². The van der Waals surface area contributed by atoms with Crippen LogP contribution in [-0.4, -0.2) is 0 Å². The molecule has 0 atom stereocenters. The van der Waals surface area contributed by atoms with Crippen LogP contribution < -0.4 is 11.1 Å². The van der Waals surface area contributed by atoms with E-state index in [0.717, 1.165) is 11.3 Å². The molecule has 0 aromatic heterocycles. The third-order valence-electron chi connectivity index (χ3n) is 2.39. The number of halogens is 2. The zero-order valence-corrected chi connectivity index (χ0v) is 10.1. The maximum Gasteiger partial charge on any atom is 0.143 e. The number of hydrogen-bond acceptors (Lipinski definition) is 2. The molecule has 0 unspecified atom stereocenters. The van der Waals surface area contributed by atoms with E-state index in [0.29, 0.717) is 11.4 Å². The lowest BCUT2D eigenvalue weighted by Crippen LogP contribution is -1.97. The van der Waals surface area contributed by atoms with E-state index in [4.69, 9.17) is 17.3 Å². The normalized spacial score (nSPS) is 10.3. The number of nitrogen functional groups attached to an aromatic ring is 1. The number of benzene rings is 2. The van der Waals surface area contributed by atoms with Crippen molar-refractivity contribution in [3.63, 3.8) is 0 Å². The molecule has 0 heterocycles. The van der Waals surface area contributed by atoms with E-state index in [1.54, 1.807) is 0 Å². The van der Waals surface area contributed by atoms with Gasteiger partial charge in [0.1, 0.15) is 5.82 Å². The Labute approximate surface area is 104 Å². The van der Waals surface area contributed by atoms with Crippen LogP contribution in [0.15, 0.2) is 36.4 Å². The van der Waals surface area contributed by atoms with Crippen LogP contribution in [0.5, 0.6) is 0 Å². The number of nitrogens with two attached hydrogens (primary N) is 1. The van der Waals surface area contributed by atoms with Crippen molar-refractivity contribution in [2.24, 2.45) is 0 Å². The van der Waals surface area contributed by atoms with Gasteiger partial charge in [-0.2, -0.15) is 0 Å². The summed E-state index contributed by atoms with van der Waals surface area (Å²) in [6.45, 7) is 1.99. The molecule has 0 aliphatic rings. The highest BCUT2D eigenvalue weighted by Crippen LogP contribution is 2.29. The minimum Gasteiger partial charge on any atom is -0.397 e. The Kier molecular flexibility index (Phi) is 3.20. The second kappa shape index (κ2) is 4.63. The molecule has 0 fully saturated rings. The summed E-state index contributed by atoms with van der Waals surface area (Å²) in [6.07, 6.45) is 0. The van der Waals surface area contributed by atoms with Crippen molar-refractivity contribution in [2.75, 3.05) is 11.1 Å². The Balaban J connectivity index is 2.33. The lowest BCUT2D eigenvalue weighted by atomic mass is 10.2. The fraction of sp³-hybridized carbons (Fsp3) is 0.0769. The molecule has 2 aromatic carbocycles. The molecule has 2 aromatic rings. The summed E-state index contributed by atoms with van der Waals surface area (Å²) in [5, 5.41) is 3.16. The second-order valence-electron chi connectivity index (χ2n) is 3.85. The highest BCUT2D eigenvalue weighted by molar-refractivity contribution is 6.31. The molecule has 4 heteroatoms. The molecule has 0 aliphatic carbocycles. The molecule has 0 aliphatic heterocycles. The summed E-state index contributed by atoms with van der Waals surface area (Å²) in [5.74, 6) is -0.515. The molecule has 17 heavy (non-hydrogen) atoms. The Morgan fingerprint density at radius 1 is 1.24 bits per heavy atom. The van der Waals surface area contributed by atoms with Gasteiger partial charge in [-0.05, 0) is 30.7 Å². The smallest absolute Gasteiger partial charge is 0.143 e. The van der Waals surface area contributed by atoms with E-state index in [-0.39, 0.29) is 5.02 Å². The highest BCUT2D eigenvalue weighted by Gasteiger charge is 2.06. The lowest BCUT2D eigenvalue weighted by Gasteiger charge is -2.10. The first kappa shape index (κ1) is 11.7. The van der Waals surface area contributed by atoms with Gasteiger partial charge in [-0.1, -0.05) is 23.7 Å². The van der Waals surface area contributed by atoms with Crippen molar-refractivity contribution < 1.29 is 4.39 Å². The maximum absolute atomic E-state index is 13.1. The van der Waals surface area contributed by atoms with Gasteiger partial charge in [0, 0.05) is 11.8 Å². The average Bonchev–Trinajstić information content (AvgIpc) is 2.26. The Bertz CT molecular complexity index is 555. The second-order valence-corrected chi connectivity index (χ2v) is 4.26. The zero-order valence-electron chi connectivity index (χ0n) is 9.30. The van der Waals surface area contributed by atoms with Gasteiger partial charge < -0.3 is 11.1 Å². The van der Waals surface area contributed by atoms with Crippen LogP contribution in [0.2, 0.25) is 5.02 Å². The monoisotopic (exact) mass is 250 g/mol. The molecule has 0 bridgehead atoms. The van der Waals surface area contributed by atoms with Gasteiger partial charge in [0.15, 0.2) is 0 Å². The van der Waals surface area contributed by atoms with E-state index in [9.17, 15) is 4.39 Å². The predicted molar refractivity (Wildman–Crippen MR) is 70.3 cm³/mol. The SMILES string of the molecule is Cc1cccc(Nc2cc(Cl)c(F)cc2N)c1. The molecule has 0 saturated heterocycles. The third-order valence-corrected chi connectivity index (χ3v) is 2.68. The summed E-state index contributed by atoms with van der Waals surface area (Å²) in [5.41, 5.74) is 8.66. The molecule has 0 amide bonds. The van der Waals surface area contributed by atoms with E-state index < -0.39 is 5.82 Å². The molecule has 2 nitrogen and oxygen atoms in total. The molecule has 2 rings (SSSR count). The summed E-state index contributed by atoms with van der Waals surface area (Å²) in [4.78, 5) is 0. The van der Waals surface area contributed by atoms with Crippen molar-refractivity contribution in [1.29, 1.82) is 0 Å². The average molecular weight is 251 g/mol. The lowest BCUT2D eigenvalue weighted by molar-refractivity contribution is 0.629. The molecule has 0 spiro atoms. The maximum atomic E-state index is 13.1.